The quantitative estimate of drug-likeness (QED) is 0.708. The van der Waals surface area contributed by atoms with Crippen molar-refractivity contribution in [3.8, 4) is 11.3 Å². The number of anilines is 2. The van der Waals surface area contributed by atoms with Crippen LogP contribution in [0.25, 0.3) is 11.3 Å². The summed E-state index contributed by atoms with van der Waals surface area (Å²) in [6, 6.07) is 12.2. The van der Waals surface area contributed by atoms with E-state index in [1.165, 1.54) is 0 Å². The van der Waals surface area contributed by atoms with E-state index in [9.17, 15) is 0 Å². The highest BCUT2D eigenvalue weighted by atomic mass is 15.1. The van der Waals surface area contributed by atoms with E-state index < -0.39 is 0 Å². The summed E-state index contributed by atoms with van der Waals surface area (Å²) in [5.74, 6) is 2.15. The van der Waals surface area contributed by atoms with Gasteiger partial charge in [0.05, 0.1) is 5.69 Å². The van der Waals surface area contributed by atoms with E-state index in [0.29, 0.717) is 11.9 Å². The molecule has 1 heterocycles. The van der Waals surface area contributed by atoms with Crippen molar-refractivity contribution in [3.05, 3.63) is 36.4 Å². The van der Waals surface area contributed by atoms with Crippen LogP contribution in [0.4, 0.5) is 11.8 Å². The van der Waals surface area contributed by atoms with Crippen molar-refractivity contribution in [1.82, 2.24) is 9.97 Å². The molecular weight excluding hydrogens is 272 g/mol. The third-order valence-corrected chi connectivity index (χ3v) is 3.30. The predicted octanol–water partition coefficient (Wildman–Crippen LogP) is 4.42. The molecule has 0 aliphatic heterocycles. The maximum absolute atomic E-state index is 4.64. The zero-order valence-corrected chi connectivity index (χ0v) is 13.8. The number of rotatable bonds is 8. The zero-order valence-electron chi connectivity index (χ0n) is 13.8. The standard InChI is InChI=1S/C18H26N4/c1-4-5-11-19-18-21-16(15-9-7-6-8-10-15)12-17(22-18)20-13-14(2)3/h6-10,12,14H,4-5,11,13H2,1-3H3,(H2,19,20,21,22). The molecule has 0 saturated heterocycles. The fourth-order valence-electron chi connectivity index (χ4n) is 2.06. The Balaban J connectivity index is 2.23. The molecule has 4 heteroatoms. The van der Waals surface area contributed by atoms with Gasteiger partial charge in [0.2, 0.25) is 5.95 Å². The van der Waals surface area contributed by atoms with Gasteiger partial charge in [0.15, 0.2) is 0 Å². The fourth-order valence-corrected chi connectivity index (χ4v) is 2.06. The van der Waals surface area contributed by atoms with Crippen molar-refractivity contribution in [2.75, 3.05) is 23.7 Å². The van der Waals surface area contributed by atoms with Crippen molar-refractivity contribution < 1.29 is 0 Å². The summed E-state index contributed by atoms with van der Waals surface area (Å²) in [4.78, 5) is 9.21. The molecule has 0 aliphatic rings. The molecule has 4 nitrogen and oxygen atoms in total. The number of aromatic nitrogens is 2. The summed E-state index contributed by atoms with van der Waals surface area (Å²) in [7, 11) is 0. The molecule has 118 valence electrons. The fraction of sp³-hybridized carbons (Fsp3) is 0.444. The molecular formula is C18H26N4. The molecule has 22 heavy (non-hydrogen) atoms. The molecule has 2 aromatic rings. The lowest BCUT2D eigenvalue weighted by molar-refractivity contribution is 0.687. The summed E-state index contributed by atoms with van der Waals surface area (Å²) < 4.78 is 0. The van der Waals surface area contributed by atoms with Crippen LogP contribution in [-0.4, -0.2) is 23.1 Å². The zero-order chi connectivity index (χ0) is 15.8. The van der Waals surface area contributed by atoms with E-state index in [2.05, 4.69) is 53.5 Å². The third-order valence-electron chi connectivity index (χ3n) is 3.30. The number of nitrogens with one attached hydrogen (secondary N) is 2. The Morgan fingerprint density at radius 1 is 1.05 bits per heavy atom. The number of unbranched alkanes of at least 4 members (excludes halogenated alkanes) is 1. The van der Waals surface area contributed by atoms with Gasteiger partial charge in [0, 0.05) is 24.7 Å². The molecule has 1 aromatic heterocycles. The highest BCUT2D eigenvalue weighted by Crippen LogP contribution is 2.21. The summed E-state index contributed by atoms with van der Waals surface area (Å²) in [6.45, 7) is 8.36. The van der Waals surface area contributed by atoms with E-state index in [-0.39, 0.29) is 0 Å². The van der Waals surface area contributed by atoms with Crippen LogP contribution in [0.1, 0.15) is 33.6 Å². The molecule has 0 saturated carbocycles. The van der Waals surface area contributed by atoms with Crippen molar-refractivity contribution in [2.45, 2.75) is 33.6 Å². The lowest BCUT2D eigenvalue weighted by Gasteiger charge is -2.12. The first-order chi connectivity index (χ1) is 10.7. The van der Waals surface area contributed by atoms with E-state index in [1.54, 1.807) is 0 Å². The lowest BCUT2D eigenvalue weighted by Crippen LogP contribution is -2.12. The maximum atomic E-state index is 4.64. The van der Waals surface area contributed by atoms with Gasteiger partial charge in [0.25, 0.3) is 0 Å². The molecule has 1 aromatic carbocycles. The Hall–Kier alpha value is -2.10. The van der Waals surface area contributed by atoms with Crippen LogP contribution in [0.5, 0.6) is 0 Å². The van der Waals surface area contributed by atoms with Crippen LogP contribution < -0.4 is 10.6 Å². The van der Waals surface area contributed by atoms with Crippen LogP contribution >= 0.6 is 0 Å². The van der Waals surface area contributed by atoms with Crippen molar-refractivity contribution in [3.63, 3.8) is 0 Å². The van der Waals surface area contributed by atoms with Crippen LogP contribution in [0, 0.1) is 5.92 Å². The van der Waals surface area contributed by atoms with Gasteiger partial charge in [-0.25, -0.2) is 4.98 Å². The summed E-state index contributed by atoms with van der Waals surface area (Å²) in [5, 5.41) is 6.72. The van der Waals surface area contributed by atoms with E-state index in [1.807, 2.05) is 24.3 Å². The van der Waals surface area contributed by atoms with Gasteiger partial charge in [0.1, 0.15) is 5.82 Å². The minimum atomic E-state index is 0.576. The van der Waals surface area contributed by atoms with Gasteiger partial charge < -0.3 is 10.6 Å². The minimum absolute atomic E-state index is 0.576. The summed E-state index contributed by atoms with van der Waals surface area (Å²) in [6.07, 6.45) is 2.28. The van der Waals surface area contributed by atoms with Gasteiger partial charge in [-0.15, -0.1) is 0 Å². The van der Waals surface area contributed by atoms with E-state index in [0.717, 1.165) is 43.0 Å². The van der Waals surface area contributed by atoms with Gasteiger partial charge in [-0.2, -0.15) is 4.98 Å². The SMILES string of the molecule is CCCCNc1nc(NCC(C)C)cc(-c2ccccc2)n1. The number of hydrogen-bond donors (Lipinski definition) is 2. The van der Waals surface area contributed by atoms with E-state index >= 15 is 0 Å². The summed E-state index contributed by atoms with van der Waals surface area (Å²) in [5.41, 5.74) is 2.05. The second-order valence-corrected chi connectivity index (χ2v) is 5.88. The second kappa shape index (κ2) is 8.37. The molecule has 0 aliphatic carbocycles. The Kier molecular flexibility index (Phi) is 6.19. The Morgan fingerprint density at radius 2 is 1.82 bits per heavy atom. The smallest absolute Gasteiger partial charge is 0.225 e. The first-order valence-corrected chi connectivity index (χ1v) is 8.11. The molecule has 0 amide bonds. The van der Waals surface area contributed by atoms with Crippen LogP contribution in [0.15, 0.2) is 36.4 Å². The molecule has 0 fully saturated rings. The number of nitrogens with zero attached hydrogens (tertiary/aromatic N) is 2. The maximum Gasteiger partial charge on any atom is 0.225 e. The average Bonchev–Trinajstić information content (AvgIpc) is 2.54. The van der Waals surface area contributed by atoms with Crippen molar-refractivity contribution >= 4 is 11.8 Å². The van der Waals surface area contributed by atoms with E-state index in [4.69, 9.17) is 0 Å². The molecule has 2 N–H and O–H groups in total. The molecule has 0 spiro atoms. The molecule has 0 radical (unpaired) electrons. The van der Waals surface area contributed by atoms with Gasteiger partial charge in [-0.3, -0.25) is 0 Å². The monoisotopic (exact) mass is 298 g/mol. The van der Waals surface area contributed by atoms with Crippen molar-refractivity contribution in [2.24, 2.45) is 5.92 Å². The third kappa shape index (κ3) is 5.02. The Labute approximate surface area is 133 Å². The molecule has 2 rings (SSSR count). The average molecular weight is 298 g/mol. The predicted molar refractivity (Wildman–Crippen MR) is 94.2 cm³/mol. The van der Waals surface area contributed by atoms with Crippen molar-refractivity contribution in [1.29, 1.82) is 0 Å². The first-order valence-electron chi connectivity index (χ1n) is 8.11. The number of benzene rings is 1. The normalized spacial score (nSPS) is 10.7. The van der Waals surface area contributed by atoms with Gasteiger partial charge in [-0.05, 0) is 12.3 Å². The largest absolute Gasteiger partial charge is 0.370 e. The van der Waals surface area contributed by atoms with Crippen LogP contribution in [0.3, 0.4) is 0 Å². The molecule has 0 bridgehead atoms. The Morgan fingerprint density at radius 3 is 2.50 bits per heavy atom. The summed E-state index contributed by atoms with van der Waals surface area (Å²) >= 11 is 0. The number of hydrogen-bond acceptors (Lipinski definition) is 4. The topological polar surface area (TPSA) is 49.8 Å². The van der Waals surface area contributed by atoms with Crippen LogP contribution in [0.2, 0.25) is 0 Å². The van der Waals surface area contributed by atoms with Gasteiger partial charge >= 0.3 is 0 Å². The second-order valence-electron chi connectivity index (χ2n) is 5.88. The Bertz CT molecular complexity index is 567. The highest BCUT2D eigenvalue weighted by Gasteiger charge is 2.07. The molecule has 0 unspecified atom stereocenters. The molecule has 0 atom stereocenters. The highest BCUT2D eigenvalue weighted by molar-refractivity contribution is 5.64. The minimum Gasteiger partial charge on any atom is -0.370 e. The first kappa shape index (κ1) is 16.3. The van der Waals surface area contributed by atoms with Gasteiger partial charge in [-0.1, -0.05) is 57.5 Å². The van der Waals surface area contributed by atoms with Crippen LogP contribution in [-0.2, 0) is 0 Å². The lowest BCUT2D eigenvalue weighted by atomic mass is 10.1.